The number of halogens is 6. The Morgan fingerprint density at radius 1 is 0.966 bits per heavy atom. The monoisotopic (exact) mass is 457 g/mol. The number of alkyl halides is 6. The number of rotatable bonds is 0. The Bertz CT molecular complexity index is 700. The van der Waals surface area contributed by atoms with Crippen molar-refractivity contribution < 1.29 is 59.0 Å². The molecule has 1 unspecified atom stereocenters. The molecule has 1 aliphatic rings. The summed E-state index contributed by atoms with van der Waals surface area (Å²) in [4.78, 5) is 20.0. The van der Waals surface area contributed by atoms with Crippen LogP contribution in [0.25, 0.3) is 0 Å². The molecule has 0 radical (unpaired) electrons. The van der Waals surface area contributed by atoms with Gasteiger partial charge in [0.25, 0.3) is 0 Å². The lowest BCUT2D eigenvalue weighted by Crippen LogP contribution is -2.60. The van der Waals surface area contributed by atoms with Crippen LogP contribution in [0.1, 0.15) is 38.5 Å². The maximum absolute atomic E-state index is 13.7. The SMILES string of the molecule is C=C1C(=O)OCCCCCCCCOOC(=S(=O)([O-])O)C1(C(F)(F)F)C(F)(F)F. The number of carbonyl (C=O) groups excluding carboxylic acids is 1. The number of esters is 1. The fourth-order valence-corrected chi connectivity index (χ4v) is 3.50. The molecule has 1 N–H and O–H groups in total. The normalized spacial score (nSPS) is 23.5. The van der Waals surface area contributed by atoms with E-state index in [-0.39, 0.29) is 12.8 Å². The van der Waals surface area contributed by atoms with Crippen molar-refractivity contribution in [3.05, 3.63) is 12.2 Å². The summed E-state index contributed by atoms with van der Waals surface area (Å²) in [6.07, 6.45) is -10.5. The third-order valence-electron chi connectivity index (χ3n) is 4.08. The van der Waals surface area contributed by atoms with Crippen molar-refractivity contribution >= 4 is 21.1 Å². The molecule has 1 aliphatic heterocycles. The second-order valence-electron chi connectivity index (χ2n) is 6.15. The minimum atomic E-state index is -6.52. The van der Waals surface area contributed by atoms with Gasteiger partial charge in [-0.3, -0.25) is 4.21 Å². The quantitative estimate of drug-likeness (QED) is 0.195. The molecule has 1 atom stereocenters. The van der Waals surface area contributed by atoms with Crippen molar-refractivity contribution in [3.63, 3.8) is 0 Å². The summed E-state index contributed by atoms with van der Waals surface area (Å²) in [5.74, 6) is -2.15. The Morgan fingerprint density at radius 3 is 1.86 bits per heavy atom. The Hall–Kier alpha value is -1.35. The molecule has 0 aromatic carbocycles. The zero-order chi connectivity index (χ0) is 22.5. The lowest BCUT2D eigenvalue weighted by molar-refractivity contribution is -0.317. The van der Waals surface area contributed by atoms with Gasteiger partial charge < -0.3 is 13.8 Å². The first-order chi connectivity index (χ1) is 13.2. The zero-order valence-corrected chi connectivity index (χ0v) is 15.8. The van der Waals surface area contributed by atoms with Crippen molar-refractivity contribution in [2.75, 3.05) is 13.2 Å². The average Bonchev–Trinajstić information content (AvgIpc) is 2.54. The Balaban J connectivity index is 3.69. The molecule has 29 heavy (non-hydrogen) atoms. The molecule has 0 aromatic heterocycles. The van der Waals surface area contributed by atoms with Crippen LogP contribution in [0.15, 0.2) is 12.2 Å². The highest BCUT2D eigenvalue weighted by molar-refractivity contribution is 7.91. The molecular weight excluding hydrogens is 438 g/mol. The van der Waals surface area contributed by atoms with Crippen LogP contribution in [0.2, 0.25) is 0 Å². The largest absolute Gasteiger partial charge is 0.755 e. The highest BCUT2D eigenvalue weighted by Crippen LogP contribution is 2.56. The van der Waals surface area contributed by atoms with E-state index in [0.717, 1.165) is 0 Å². The van der Waals surface area contributed by atoms with Crippen LogP contribution in [0.4, 0.5) is 26.3 Å². The predicted octanol–water partition coefficient (Wildman–Crippen LogP) is 3.52. The second-order valence-corrected chi connectivity index (χ2v) is 7.47. The molecule has 1 fully saturated rings. The van der Waals surface area contributed by atoms with E-state index in [1.807, 2.05) is 0 Å². The minimum Gasteiger partial charge on any atom is -0.755 e. The van der Waals surface area contributed by atoms with E-state index >= 15 is 0 Å². The highest BCUT2D eigenvalue weighted by atomic mass is 32.2. The maximum Gasteiger partial charge on any atom is 0.414 e. The molecule has 0 amide bonds. The first-order valence-corrected chi connectivity index (χ1v) is 9.75. The van der Waals surface area contributed by atoms with Crippen molar-refractivity contribution in [1.29, 1.82) is 0 Å². The van der Waals surface area contributed by atoms with Gasteiger partial charge in [0.05, 0.1) is 28.9 Å². The topological polar surface area (TPSA) is 105 Å². The van der Waals surface area contributed by atoms with Gasteiger partial charge in [0.1, 0.15) is 0 Å². The fourth-order valence-electron chi connectivity index (χ4n) is 2.63. The van der Waals surface area contributed by atoms with Crippen molar-refractivity contribution in [2.24, 2.45) is 5.41 Å². The van der Waals surface area contributed by atoms with Crippen molar-refractivity contribution in [3.8, 4) is 0 Å². The van der Waals surface area contributed by atoms with Gasteiger partial charge in [-0.15, -0.1) is 0 Å². The molecule has 0 bridgehead atoms. The molecule has 7 nitrogen and oxygen atoms in total. The zero-order valence-electron chi connectivity index (χ0n) is 14.9. The predicted molar refractivity (Wildman–Crippen MR) is 85.9 cm³/mol. The maximum atomic E-state index is 13.7. The molecule has 0 saturated carbocycles. The van der Waals surface area contributed by atoms with E-state index in [1.165, 1.54) is 0 Å². The van der Waals surface area contributed by atoms with Crippen molar-refractivity contribution in [1.82, 2.24) is 0 Å². The molecule has 1 rings (SSSR count). The van der Waals surface area contributed by atoms with E-state index in [2.05, 4.69) is 21.1 Å². The van der Waals surface area contributed by atoms with Gasteiger partial charge >= 0.3 is 18.3 Å². The Kier molecular flexibility index (Phi) is 8.54. The summed E-state index contributed by atoms with van der Waals surface area (Å²) in [6, 6.07) is 0. The molecule has 0 aliphatic carbocycles. The van der Waals surface area contributed by atoms with Gasteiger partial charge in [0.15, 0.2) is 5.05 Å². The summed E-state index contributed by atoms with van der Waals surface area (Å²) in [6.45, 7) is 1.41. The molecular formula is C15H19F6O7S-. The summed E-state index contributed by atoms with van der Waals surface area (Å²) in [7, 11) is -6.31. The smallest absolute Gasteiger partial charge is 0.414 e. The second kappa shape index (κ2) is 9.64. The van der Waals surface area contributed by atoms with Crippen LogP contribution in [0.5, 0.6) is 0 Å². The standard InChI is InChI=1S/C15H20F6O7S/c1-10-11(22)26-8-6-4-2-3-5-7-9-27-28-12(29(23,24)25)13(10,14(16,17)18)15(19,20)21/h1-9H2,(H2,23,24,25)/p-1. The van der Waals surface area contributed by atoms with E-state index in [4.69, 9.17) is 4.55 Å². The molecule has 14 heteroatoms. The van der Waals surface area contributed by atoms with Crippen LogP contribution in [0.3, 0.4) is 0 Å². The number of cyclic esters (lactones) is 1. The first kappa shape index (κ1) is 25.7. The Morgan fingerprint density at radius 2 is 1.41 bits per heavy atom. The van der Waals surface area contributed by atoms with Gasteiger partial charge in [-0.25, -0.2) is 9.68 Å². The summed E-state index contributed by atoms with van der Waals surface area (Å²) in [5.41, 5.74) is -7.96. The summed E-state index contributed by atoms with van der Waals surface area (Å²) in [5, 5.41) is -2.98. The third kappa shape index (κ3) is 5.84. The van der Waals surface area contributed by atoms with E-state index in [1.54, 1.807) is 0 Å². The summed E-state index contributed by atoms with van der Waals surface area (Å²) >= 11 is 0. The van der Waals surface area contributed by atoms with Gasteiger partial charge in [-0.05, 0) is 12.8 Å². The minimum absolute atomic E-state index is 0.125. The third-order valence-corrected chi connectivity index (χ3v) is 4.92. The van der Waals surface area contributed by atoms with Crippen LogP contribution < -0.4 is 0 Å². The molecule has 1 heterocycles. The van der Waals surface area contributed by atoms with Gasteiger partial charge in [-0.2, -0.15) is 31.2 Å². The number of carbonyl (C=O) groups is 1. The van der Waals surface area contributed by atoms with E-state index < -0.39 is 57.7 Å². The van der Waals surface area contributed by atoms with Crippen LogP contribution in [-0.2, 0) is 29.4 Å². The molecule has 0 spiro atoms. The summed E-state index contributed by atoms with van der Waals surface area (Å²) < 4.78 is 119. The van der Waals surface area contributed by atoms with Crippen LogP contribution in [0, 0.1) is 5.41 Å². The number of ether oxygens (including phenoxy) is 1. The van der Waals surface area contributed by atoms with Gasteiger partial charge in [-0.1, -0.05) is 32.3 Å². The van der Waals surface area contributed by atoms with Crippen LogP contribution >= 0.6 is 0 Å². The highest BCUT2D eigenvalue weighted by Gasteiger charge is 2.78. The molecule has 170 valence electrons. The van der Waals surface area contributed by atoms with E-state index in [9.17, 15) is 39.9 Å². The number of hydrogen-bond donors (Lipinski definition) is 1. The van der Waals surface area contributed by atoms with E-state index in [0.29, 0.717) is 25.7 Å². The lowest BCUT2D eigenvalue weighted by Gasteiger charge is -2.39. The molecule has 0 aromatic rings. The van der Waals surface area contributed by atoms with Gasteiger partial charge in [0.2, 0.25) is 5.41 Å². The van der Waals surface area contributed by atoms with Crippen molar-refractivity contribution in [2.45, 2.75) is 50.9 Å². The number of hydrogen-bond acceptors (Lipinski definition) is 6. The Labute approximate surface area is 162 Å². The van der Waals surface area contributed by atoms with Gasteiger partial charge in [0, 0.05) is 0 Å². The molecule has 1 saturated heterocycles. The van der Waals surface area contributed by atoms with Crippen LogP contribution in [-0.4, -0.2) is 49.9 Å². The first-order valence-electron chi connectivity index (χ1n) is 8.31. The lowest BCUT2D eigenvalue weighted by atomic mass is 9.79. The average molecular weight is 457 g/mol. The fraction of sp³-hybridized carbons (Fsp3) is 0.733.